The first-order chi connectivity index (χ1) is 8.29. The van der Waals surface area contributed by atoms with Gasteiger partial charge in [-0.15, -0.1) is 6.58 Å². The van der Waals surface area contributed by atoms with Gasteiger partial charge in [-0.05, 0) is 36.8 Å². The lowest BCUT2D eigenvalue weighted by Gasteiger charge is -2.16. The first-order valence-corrected chi connectivity index (χ1v) is 5.84. The van der Waals surface area contributed by atoms with Gasteiger partial charge in [0, 0.05) is 10.7 Å². The van der Waals surface area contributed by atoms with Crippen LogP contribution in [-0.4, -0.2) is 0 Å². The number of halogens is 1. The molecule has 17 heavy (non-hydrogen) atoms. The van der Waals surface area contributed by atoms with Gasteiger partial charge >= 0.3 is 0 Å². The molecule has 0 bridgehead atoms. The quantitative estimate of drug-likeness (QED) is 0.778. The summed E-state index contributed by atoms with van der Waals surface area (Å²) >= 11 is 5.95. The van der Waals surface area contributed by atoms with Crippen LogP contribution in [0.2, 0.25) is 5.02 Å². The highest BCUT2D eigenvalue weighted by Gasteiger charge is 2.12. The molecule has 0 aliphatic heterocycles. The fraction of sp³-hybridized carbons (Fsp3) is 0.143. The number of benzene rings is 1. The SMILES string of the molecule is C=CC[C@H](Nc1cccc(Cl)c1)c1ccco1. The molecule has 0 aliphatic carbocycles. The van der Waals surface area contributed by atoms with Crippen LogP contribution >= 0.6 is 11.6 Å². The second-order valence-corrected chi connectivity index (χ2v) is 4.18. The molecular formula is C14H14ClNO. The van der Waals surface area contributed by atoms with E-state index in [1.54, 1.807) is 6.26 Å². The summed E-state index contributed by atoms with van der Waals surface area (Å²) < 4.78 is 5.41. The van der Waals surface area contributed by atoms with Gasteiger partial charge in [0.15, 0.2) is 0 Å². The molecule has 0 radical (unpaired) electrons. The number of rotatable bonds is 5. The van der Waals surface area contributed by atoms with E-state index in [0.717, 1.165) is 17.9 Å². The van der Waals surface area contributed by atoms with Crippen molar-refractivity contribution >= 4 is 17.3 Å². The van der Waals surface area contributed by atoms with Crippen LogP contribution in [-0.2, 0) is 0 Å². The van der Waals surface area contributed by atoms with E-state index in [1.165, 1.54) is 0 Å². The fourth-order valence-corrected chi connectivity index (χ4v) is 1.87. The largest absolute Gasteiger partial charge is 0.467 e. The second-order valence-electron chi connectivity index (χ2n) is 3.75. The van der Waals surface area contributed by atoms with E-state index >= 15 is 0 Å². The molecule has 1 N–H and O–H groups in total. The van der Waals surface area contributed by atoms with Crippen LogP contribution in [0.4, 0.5) is 5.69 Å². The van der Waals surface area contributed by atoms with Crippen molar-refractivity contribution in [1.29, 1.82) is 0 Å². The minimum absolute atomic E-state index is 0.0842. The average molecular weight is 248 g/mol. The summed E-state index contributed by atoms with van der Waals surface area (Å²) in [5, 5.41) is 4.09. The molecule has 0 aliphatic rings. The van der Waals surface area contributed by atoms with Crippen molar-refractivity contribution in [1.82, 2.24) is 0 Å². The maximum atomic E-state index is 5.95. The lowest BCUT2D eigenvalue weighted by atomic mass is 10.1. The summed E-state index contributed by atoms with van der Waals surface area (Å²) in [5.74, 6) is 0.893. The molecule has 0 fully saturated rings. The average Bonchev–Trinajstić information content (AvgIpc) is 2.82. The summed E-state index contributed by atoms with van der Waals surface area (Å²) in [6.45, 7) is 3.76. The predicted molar refractivity (Wildman–Crippen MR) is 71.3 cm³/mol. The number of furan rings is 1. The molecule has 2 aromatic rings. The Morgan fingerprint density at radius 1 is 1.35 bits per heavy atom. The van der Waals surface area contributed by atoms with Gasteiger partial charge in [0.1, 0.15) is 5.76 Å². The first-order valence-electron chi connectivity index (χ1n) is 5.46. The topological polar surface area (TPSA) is 25.2 Å². The molecule has 2 nitrogen and oxygen atoms in total. The van der Waals surface area contributed by atoms with Crippen LogP contribution in [0.5, 0.6) is 0 Å². The summed E-state index contributed by atoms with van der Waals surface area (Å²) in [5.41, 5.74) is 0.973. The van der Waals surface area contributed by atoms with Crippen LogP contribution < -0.4 is 5.32 Å². The third kappa shape index (κ3) is 3.14. The zero-order valence-electron chi connectivity index (χ0n) is 9.40. The molecule has 0 amide bonds. The van der Waals surface area contributed by atoms with E-state index in [0.29, 0.717) is 5.02 Å². The van der Waals surface area contributed by atoms with Gasteiger partial charge in [-0.1, -0.05) is 23.7 Å². The molecule has 88 valence electrons. The minimum atomic E-state index is 0.0842. The molecule has 1 aromatic carbocycles. The molecule has 2 rings (SSSR count). The van der Waals surface area contributed by atoms with Gasteiger partial charge in [-0.25, -0.2) is 0 Å². The van der Waals surface area contributed by atoms with E-state index in [4.69, 9.17) is 16.0 Å². The van der Waals surface area contributed by atoms with Crippen molar-refractivity contribution in [2.75, 3.05) is 5.32 Å². The van der Waals surface area contributed by atoms with Gasteiger partial charge in [0.2, 0.25) is 0 Å². The van der Waals surface area contributed by atoms with Gasteiger partial charge in [-0.2, -0.15) is 0 Å². The maximum absolute atomic E-state index is 5.95. The summed E-state index contributed by atoms with van der Waals surface area (Å²) in [6.07, 6.45) is 4.33. The van der Waals surface area contributed by atoms with Crippen LogP contribution in [0.25, 0.3) is 0 Å². The fourth-order valence-electron chi connectivity index (χ4n) is 1.68. The Labute approximate surface area is 106 Å². The molecule has 1 atom stereocenters. The van der Waals surface area contributed by atoms with Gasteiger partial charge in [0.05, 0.1) is 12.3 Å². The van der Waals surface area contributed by atoms with Crippen LogP contribution in [0, 0.1) is 0 Å². The Bertz CT molecular complexity index is 479. The molecule has 0 saturated heterocycles. The highest BCUT2D eigenvalue weighted by Crippen LogP contribution is 2.24. The van der Waals surface area contributed by atoms with Crippen LogP contribution in [0.1, 0.15) is 18.2 Å². The van der Waals surface area contributed by atoms with E-state index in [-0.39, 0.29) is 6.04 Å². The second kappa shape index (κ2) is 5.60. The third-order valence-corrected chi connectivity index (χ3v) is 2.69. The lowest BCUT2D eigenvalue weighted by Crippen LogP contribution is -2.08. The molecule has 0 unspecified atom stereocenters. The van der Waals surface area contributed by atoms with E-state index in [2.05, 4.69) is 11.9 Å². The Hall–Kier alpha value is -1.67. The zero-order valence-corrected chi connectivity index (χ0v) is 10.2. The van der Waals surface area contributed by atoms with Crippen LogP contribution in [0.15, 0.2) is 59.7 Å². The summed E-state index contributed by atoms with van der Waals surface area (Å²) in [6, 6.07) is 11.5. The maximum Gasteiger partial charge on any atom is 0.126 e. The molecule has 0 saturated carbocycles. The number of hydrogen-bond acceptors (Lipinski definition) is 2. The van der Waals surface area contributed by atoms with Crippen LogP contribution in [0.3, 0.4) is 0 Å². The Kier molecular flexibility index (Phi) is 3.89. The number of anilines is 1. The third-order valence-electron chi connectivity index (χ3n) is 2.45. The monoisotopic (exact) mass is 247 g/mol. The molecule has 3 heteroatoms. The predicted octanol–water partition coefficient (Wildman–Crippen LogP) is 4.66. The minimum Gasteiger partial charge on any atom is -0.467 e. The van der Waals surface area contributed by atoms with Crippen molar-refractivity contribution < 1.29 is 4.42 Å². The molecule has 0 spiro atoms. The number of hydrogen-bond donors (Lipinski definition) is 1. The zero-order chi connectivity index (χ0) is 12.1. The van der Waals surface area contributed by atoms with Gasteiger partial charge in [0.25, 0.3) is 0 Å². The van der Waals surface area contributed by atoms with E-state index in [9.17, 15) is 0 Å². The van der Waals surface area contributed by atoms with E-state index < -0.39 is 0 Å². The van der Waals surface area contributed by atoms with Gasteiger partial charge < -0.3 is 9.73 Å². The van der Waals surface area contributed by atoms with Gasteiger partial charge in [-0.3, -0.25) is 0 Å². The van der Waals surface area contributed by atoms with E-state index in [1.807, 2.05) is 42.5 Å². The Morgan fingerprint density at radius 3 is 2.88 bits per heavy atom. The Balaban J connectivity index is 2.15. The normalized spacial score (nSPS) is 12.1. The van der Waals surface area contributed by atoms with Crippen molar-refractivity contribution in [2.45, 2.75) is 12.5 Å². The molecule has 1 aromatic heterocycles. The van der Waals surface area contributed by atoms with Crippen molar-refractivity contribution in [3.63, 3.8) is 0 Å². The highest BCUT2D eigenvalue weighted by molar-refractivity contribution is 6.30. The highest BCUT2D eigenvalue weighted by atomic mass is 35.5. The Morgan fingerprint density at radius 2 is 2.24 bits per heavy atom. The van der Waals surface area contributed by atoms with Crippen molar-refractivity contribution in [2.24, 2.45) is 0 Å². The van der Waals surface area contributed by atoms with Crippen molar-refractivity contribution in [3.8, 4) is 0 Å². The lowest BCUT2D eigenvalue weighted by molar-refractivity contribution is 0.480. The smallest absolute Gasteiger partial charge is 0.126 e. The first kappa shape index (κ1) is 11.8. The molecule has 1 heterocycles. The standard InChI is InChI=1S/C14H14ClNO/c1-2-5-13(14-8-4-9-17-14)16-12-7-3-6-11(15)10-12/h2-4,6-10,13,16H,1,5H2/t13-/m0/s1. The summed E-state index contributed by atoms with van der Waals surface area (Å²) in [7, 11) is 0. The van der Waals surface area contributed by atoms with Crippen molar-refractivity contribution in [3.05, 3.63) is 66.1 Å². The number of nitrogens with one attached hydrogen (secondary N) is 1. The molecular weight excluding hydrogens is 234 g/mol. The summed E-state index contributed by atoms with van der Waals surface area (Å²) in [4.78, 5) is 0.